The molecule has 2 rings (SSSR count). The van der Waals surface area contributed by atoms with Gasteiger partial charge in [0.05, 0.1) is 0 Å². The van der Waals surface area contributed by atoms with Crippen LogP contribution in [0, 0.1) is 11.8 Å². The van der Waals surface area contributed by atoms with E-state index >= 15 is 0 Å². The molecule has 0 aromatic heterocycles. The van der Waals surface area contributed by atoms with Gasteiger partial charge in [-0.1, -0.05) is 6.92 Å². The summed E-state index contributed by atoms with van der Waals surface area (Å²) in [5.74, 6) is 1.63. The Bertz CT molecular complexity index is 236. The highest BCUT2D eigenvalue weighted by Crippen LogP contribution is 2.22. The summed E-state index contributed by atoms with van der Waals surface area (Å²) >= 11 is 0. The minimum atomic E-state index is 0.374. The molecular formula is C13H23NO2. The van der Waals surface area contributed by atoms with Crippen LogP contribution in [0.5, 0.6) is 0 Å². The number of hydrogen-bond acceptors (Lipinski definition) is 2. The molecule has 2 saturated heterocycles. The third-order valence-electron chi connectivity index (χ3n) is 3.81. The number of ether oxygens (including phenoxy) is 1. The zero-order valence-electron chi connectivity index (χ0n) is 10.3. The minimum absolute atomic E-state index is 0.374. The quantitative estimate of drug-likeness (QED) is 0.720. The first-order valence-electron chi connectivity index (χ1n) is 6.61. The molecule has 0 aliphatic carbocycles. The maximum atomic E-state index is 12.1. The lowest BCUT2D eigenvalue weighted by molar-refractivity contribution is -0.134. The van der Waals surface area contributed by atoms with Gasteiger partial charge in [0.2, 0.25) is 5.91 Å². The molecule has 3 heteroatoms. The van der Waals surface area contributed by atoms with Crippen LogP contribution in [-0.4, -0.2) is 37.1 Å². The largest absolute Gasteiger partial charge is 0.381 e. The molecule has 0 saturated carbocycles. The number of amides is 1. The zero-order chi connectivity index (χ0) is 11.4. The van der Waals surface area contributed by atoms with E-state index in [0.717, 1.165) is 45.6 Å². The second kappa shape index (κ2) is 5.67. The normalized spacial score (nSPS) is 28.1. The Kier molecular flexibility index (Phi) is 4.22. The van der Waals surface area contributed by atoms with Crippen molar-refractivity contribution < 1.29 is 9.53 Å². The van der Waals surface area contributed by atoms with Crippen molar-refractivity contribution in [1.29, 1.82) is 0 Å². The number of hydrogen-bond donors (Lipinski definition) is 0. The maximum absolute atomic E-state index is 12.1. The Hall–Kier alpha value is -0.570. The van der Waals surface area contributed by atoms with Crippen LogP contribution in [0.1, 0.15) is 39.0 Å². The van der Waals surface area contributed by atoms with Crippen LogP contribution in [-0.2, 0) is 9.53 Å². The summed E-state index contributed by atoms with van der Waals surface area (Å²) in [6.07, 6.45) is 5.34. The predicted octanol–water partition coefficient (Wildman–Crippen LogP) is 2.06. The van der Waals surface area contributed by atoms with Gasteiger partial charge < -0.3 is 9.64 Å². The van der Waals surface area contributed by atoms with Gasteiger partial charge in [-0.25, -0.2) is 0 Å². The highest BCUT2D eigenvalue weighted by Gasteiger charge is 2.24. The standard InChI is InChI=1S/C13H23NO2/c1-11-3-2-6-14(10-11)13(15)9-12-4-7-16-8-5-12/h11-12H,2-10H2,1H3/t11-/m0/s1. The van der Waals surface area contributed by atoms with Crippen LogP contribution in [0.2, 0.25) is 0 Å². The monoisotopic (exact) mass is 225 g/mol. The van der Waals surface area contributed by atoms with Gasteiger partial charge in [0, 0.05) is 32.7 Å². The van der Waals surface area contributed by atoms with Crippen LogP contribution in [0.15, 0.2) is 0 Å². The fourth-order valence-electron chi connectivity index (χ4n) is 2.74. The number of carbonyl (C=O) groups is 1. The van der Waals surface area contributed by atoms with Crippen LogP contribution >= 0.6 is 0 Å². The smallest absolute Gasteiger partial charge is 0.222 e. The molecule has 0 radical (unpaired) electrons. The van der Waals surface area contributed by atoms with E-state index < -0.39 is 0 Å². The second-order valence-electron chi connectivity index (χ2n) is 5.35. The van der Waals surface area contributed by atoms with E-state index in [9.17, 15) is 4.79 Å². The molecule has 3 nitrogen and oxygen atoms in total. The van der Waals surface area contributed by atoms with Gasteiger partial charge >= 0.3 is 0 Å². The van der Waals surface area contributed by atoms with Gasteiger partial charge in [-0.3, -0.25) is 4.79 Å². The predicted molar refractivity (Wildman–Crippen MR) is 63.1 cm³/mol. The fourth-order valence-corrected chi connectivity index (χ4v) is 2.74. The van der Waals surface area contributed by atoms with Crippen molar-refractivity contribution in [3.8, 4) is 0 Å². The van der Waals surface area contributed by atoms with Crippen LogP contribution in [0.4, 0.5) is 0 Å². The topological polar surface area (TPSA) is 29.5 Å². The third kappa shape index (κ3) is 3.21. The first kappa shape index (κ1) is 11.9. The Labute approximate surface area is 98.1 Å². The van der Waals surface area contributed by atoms with Crippen molar-refractivity contribution in [2.75, 3.05) is 26.3 Å². The van der Waals surface area contributed by atoms with Gasteiger partial charge in [-0.05, 0) is 37.5 Å². The summed E-state index contributed by atoms with van der Waals surface area (Å²) in [4.78, 5) is 14.2. The molecule has 16 heavy (non-hydrogen) atoms. The van der Waals surface area contributed by atoms with Crippen molar-refractivity contribution in [2.45, 2.75) is 39.0 Å². The van der Waals surface area contributed by atoms with Gasteiger partial charge in [0.25, 0.3) is 0 Å². The molecule has 0 unspecified atom stereocenters. The molecule has 0 N–H and O–H groups in total. The molecule has 2 heterocycles. The van der Waals surface area contributed by atoms with Gasteiger partial charge in [-0.15, -0.1) is 0 Å². The van der Waals surface area contributed by atoms with E-state index in [1.165, 1.54) is 12.8 Å². The average molecular weight is 225 g/mol. The summed E-state index contributed by atoms with van der Waals surface area (Å²) in [6.45, 7) is 5.88. The number of piperidine rings is 1. The third-order valence-corrected chi connectivity index (χ3v) is 3.81. The molecule has 2 aliphatic rings. The molecule has 0 aromatic rings. The highest BCUT2D eigenvalue weighted by molar-refractivity contribution is 5.76. The highest BCUT2D eigenvalue weighted by atomic mass is 16.5. The molecule has 1 atom stereocenters. The lowest BCUT2D eigenvalue weighted by Crippen LogP contribution is -2.40. The summed E-state index contributed by atoms with van der Waals surface area (Å²) < 4.78 is 5.32. The second-order valence-corrected chi connectivity index (χ2v) is 5.35. The minimum Gasteiger partial charge on any atom is -0.381 e. The van der Waals surface area contributed by atoms with Crippen molar-refractivity contribution in [1.82, 2.24) is 4.90 Å². The summed E-state index contributed by atoms with van der Waals surface area (Å²) in [5.41, 5.74) is 0. The number of nitrogens with zero attached hydrogens (tertiary/aromatic N) is 1. The Morgan fingerprint density at radius 2 is 2.06 bits per heavy atom. The Balaban J connectivity index is 1.77. The number of carbonyl (C=O) groups excluding carboxylic acids is 1. The molecule has 0 bridgehead atoms. The molecule has 2 aliphatic heterocycles. The molecular weight excluding hydrogens is 202 g/mol. The van der Waals surface area contributed by atoms with Gasteiger partial charge in [0.15, 0.2) is 0 Å². The number of rotatable bonds is 2. The molecule has 1 amide bonds. The summed E-state index contributed by atoms with van der Waals surface area (Å²) in [6, 6.07) is 0. The van der Waals surface area contributed by atoms with E-state index in [2.05, 4.69) is 11.8 Å². The van der Waals surface area contributed by atoms with Crippen LogP contribution in [0.25, 0.3) is 0 Å². The van der Waals surface area contributed by atoms with E-state index in [1.807, 2.05) is 0 Å². The zero-order valence-corrected chi connectivity index (χ0v) is 10.3. The van der Waals surface area contributed by atoms with E-state index in [1.54, 1.807) is 0 Å². The molecule has 2 fully saturated rings. The van der Waals surface area contributed by atoms with Crippen molar-refractivity contribution >= 4 is 5.91 Å². The molecule has 92 valence electrons. The van der Waals surface area contributed by atoms with Crippen LogP contribution < -0.4 is 0 Å². The van der Waals surface area contributed by atoms with Crippen LogP contribution in [0.3, 0.4) is 0 Å². The average Bonchev–Trinajstić information content (AvgIpc) is 2.30. The molecule has 0 spiro atoms. The van der Waals surface area contributed by atoms with Gasteiger partial charge in [0.1, 0.15) is 0 Å². The summed E-state index contributed by atoms with van der Waals surface area (Å²) in [7, 11) is 0. The first-order valence-corrected chi connectivity index (χ1v) is 6.61. The van der Waals surface area contributed by atoms with Crippen molar-refractivity contribution in [3.63, 3.8) is 0 Å². The maximum Gasteiger partial charge on any atom is 0.222 e. The Morgan fingerprint density at radius 3 is 2.75 bits per heavy atom. The van der Waals surface area contributed by atoms with E-state index in [-0.39, 0.29) is 0 Å². The van der Waals surface area contributed by atoms with Crippen molar-refractivity contribution in [3.05, 3.63) is 0 Å². The number of likely N-dealkylation sites (tertiary alicyclic amines) is 1. The van der Waals surface area contributed by atoms with Gasteiger partial charge in [-0.2, -0.15) is 0 Å². The lowest BCUT2D eigenvalue weighted by atomic mass is 9.94. The van der Waals surface area contributed by atoms with E-state index in [0.29, 0.717) is 17.7 Å². The SMILES string of the molecule is C[C@H]1CCCN(C(=O)CC2CCOCC2)C1. The molecule has 0 aromatic carbocycles. The van der Waals surface area contributed by atoms with E-state index in [4.69, 9.17) is 4.74 Å². The van der Waals surface area contributed by atoms with Crippen molar-refractivity contribution in [2.24, 2.45) is 11.8 Å². The lowest BCUT2D eigenvalue weighted by Gasteiger charge is -2.32. The first-order chi connectivity index (χ1) is 7.75. The summed E-state index contributed by atoms with van der Waals surface area (Å²) in [5, 5.41) is 0. The fraction of sp³-hybridized carbons (Fsp3) is 0.923. The Morgan fingerprint density at radius 1 is 1.31 bits per heavy atom.